The highest BCUT2D eigenvalue weighted by atomic mass is 19.3. The van der Waals surface area contributed by atoms with Gasteiger partial charge < -0.3 is 46.3 Å². The third-order valence-corrected chi connectivity index (χ3v) is 8.88. The zero-order chi connectivity index (χ0) is 38.4. The fourth-order valence-corrected chi connectivity index (χ4v) is 6.07. The van der Waals surface area contributed by atoms with E-state index in [1.807, 2.05) is 48.5 Å². The van der Waals surface area contributed by atoms with E-state index in [2.05, 4.69) is 26.3 Å². The summed E-state index contributed by atoms with van der Waals surface area (Å²) in [5, 5.41) is 19.8. The molecule has 3 aromatic rings. The van der Waals surface area contributed by atoms with Crippen molar-refractivity contribution in [3.63, 3.8) is 0 Å². The Morgan fingerprint density at radius 3 is 2.23 bits per heavy atom. The maximum atomic E-state index is 14.7. The van der Waals surface area contributed by atoms with E-state index in [-0.39, 0.29) is 24.3 Å². The molecule has 1 saturated heterocycles. The summed E-state index contributed by atoms with van der Waals surface area (Å²) in [5.41, 5.74) is 8.51. The summed E-state index contributed by atoms with van der Waals surface area (Å²) in [6.45, 7) is 3.27. The van der Waals surface area contributed by atoms with Crippen molar-refractivity contribution in [2.45, 2.75) is 63.1 Å². The predicted octanol–water partition coefficient (Wildman–Crippen LogP) is 0.994. The Labute approximate surface area is 302 Å². The van der Waals surface area contributed by atoms with Gasteiger partial charge in [0.05, 0.1) is 13.2 Å². The smallest absolute Gasteiger partial charge is 0.407 e. The lowest BCUT2D eigenvalue weighted by atomic mass is 9.98. The van der Waals surface area contributed by atoms with E-state index in [0.717, 1.165) is 34.5 Å². The van der Waals surface area contributed by atoms with Crippen molar-refractivity contribution in [1.29, 1.82) is 0 Å². The number of nitrogens with zero attached hydrogens (tertiary/aromatic N) is 2. The van der Waals surface area contributed by atoms with Gasteiger partial charge >= 0.3 is 17.7 Å². The summed E-state index contributed by atoms with van der Waals surface area (Å²) in [6, 6.07) is 14.7. The molecule has 5 atom stereocenters. The second-order valence-corrected chi connectivity index (χ2v) is 12.9. The molecular weight excluding hydrogens is 700 g/mol. The molecule has 0 saturated carbocycles. The van der Waals surface area contributed by atoms with Crippen LogP contribution in [0.1, 0.15) is 44.0 Å². The van der Waals surface area contributed by atoms with E-state index in [1.165, 1.54) is 6.92 Å². The van der Waals surface area contributed by atoms with Gasteiger partial charge in [-0.15, -0.1) is 0 Å². The van der Waals surface area contributed by atoms with Gasteiger partial charge in [-0.05, 0) is 41.2 Å². The van der Waals surface area contributed by atoms with Crippen LogP contribution in [0, 0.1) is 5.92 Å². The molecule has 1 fully saturated rings. The summed E-state index contributed by atoms with van der Waals surface area (Å²) in [5.74, 6) is -6.67. The molecular formula is C35H41F2N7O9. The number of aliphatic hydroxyl groups is 1. The largest absolute Gasteiger partial charge is 0.449 e. The maximum absolute atomic E-state index is 14.7. The molecule has 4 amide bonds. The first-order valence-corrected chi connectivity index (χ1v) is 16.8. The van der Waals surface area contributed by atoms with Gasteiger partial charge in [-0.1, -0.05) is 62.4 Å². The highest BCUT2D eigenvalue weighted by molar-refractivity contribution is 5.92. The predicted molar refractivity (Wildman–Crippen MR) is 184 cm³/mol. The number of nitrogens with one attached hydrogen (secondary N) is 4. The van der Waals surface area contributed by atoms with Crippen LogP contribution in [0.2, 0.25) is 0 Å². The van der Waals surface area contributed by atoms with Gasteiger partial charge in [0.2, 0.25) is 23.9 Å². The first-order chi connectivity index (χ1) is 25.2. The quantitative estimate of drug-likeness (QED) is 0.101. The number of ether oxygens (including phenoxy) is 3. The second kappa shape index (κ2) is 16.5. The third-order valence-electron chi connectivity index (χ3n) is 8.88. The maximum Gasteiger partial charge on any atom is 0.407 e. The van der Waals surface area contributed by atoms with E-state index in [1.54, 1.807) is 13.8 Å². The molecule has 2 aromatic carbocycles. The molecule has 0 radical (unpaired) electrons. The number of alkyl carbamates (subject to hydrolysis) is 1. The highest BCUT2D eigenvalue weighted by Gasteiger charge is 2.59. The van der Waals surface area contributed by atoms with Gasteiger partial charge in [-0.3, -0.25) is 19.0 Å². The standard InChI is InChI=1S/C35H41F2N7O9/c1-18(2)28(43-34(50)52-15-24-22-10-6-4-8-20(22)21-9-5-7-11-23(21)24)31(48)41-19(3)30(47)39-14-27(45)40-17-51-16-25-29(46)35(36,37)32(53-25)44-13-12-26(38)42-33(44)49/h4-13,18-19,24-25,28-29,32,46H,14-17H2,1-3H3,(H,39,47)(H,40,45)(H,41,48)(H,43,50)(H2,38,42,49)/t19-,25+,28-,29+,32+/m0/s1. The molecule has 2 heterocycles. The van der Waals surface area contributed by atoms with E-state index in [4.69, 9.17) is 19.9 Å². The number of fused-ring (bicyclic) bond motifs is 3. The van der Waals surface area contributed by atoms with Crippen LogP contribution < -0.4 is 32.7 Å². The lowest BCUT2D eigenvalue weighted by Crippen LogP contribution is -2.55. The minimum Gasteiger partial charge on any atom is -0.449 e. The zero-order valence-electron chi connectivity index (χ0n) is 29.1. The average molecular weight is 742 g/mol. The fourth-order valence-electron chi connectivity index (χ4n) is 6.07. The molecule has 0 bridgehead atoms. The number of amides is 4. The Morgan fingerprint density at radius 2 is 1.60 bits per heavy atom. The number of hydrogen-bond acceptors (Lipinski definition) is 11. The van der Waals surface area contributed by atoms with Crippen molar-refractivity contribution in [3.05, 3.63) is 82.4 Å². The number of alkyl halides is 2. The van der Waals surface area contributed by atoms with Gasteiger partial charge in [0.25, 0.3) is 0 Å². The number of anilines is 1. The Bertz CT molecular complexity index is 1850. The fraction of sp³-hybridized carbons (Fsp3) is 0.429. The lowest BCUT2D eigenvalue weighted by molar-refractivity contribution is -0.141. The van der Waals surface area contributed by atoms with E-state index >= 15 is 0 Å². The molecule has 0 spiro atoms. The number of halogens is 2. The molecule has 1 aliphatic heterocycles. The molecule has 16 nitrogen and oxygen atoms in total. The van der Waals surface area contributed by atoms with Crippen LogP contribution in [0.5, 0.6) is 0 Å². The minimum absolute atomic E-state index is 0.0514. The molecule has 7 N–H and O–H groups in total. The average Bonchev–Trinajstić information content (AvgIpc) is 3.56. The Balaban J connectivity index is 1.02. The first kappa shape index (κ1) is 38.8. The molecule has 53 heavy (non-hydrogen) atoms. The van der Waals surface area contributed by atoms with Crippen LogP contribution in [0.3, 0.4) is 0 Å². The van der Waals surface area contributed by atoms with Crippen molar-refractivity contribution in [2.75, 3.05) is 32.2 Å². The van der Waals surface area contributed by atoms with Crippen molar-refractivity contribution in [1.82, 2.24) is 30.8 Å². The topological polar surface area (TPSA) is 225 Å². The van der Waals surface area contributed by atoms with Crippen LogP contribution in [0.4, 0.5) is 19.4 Å². The summed E-state index contributed by atoms with van der Waals surface area (Å²) >= 11 is 0. The van der Waals surface area contributed by atoms with Crippen LogP contribution in [0.15, 0.2) is 65.6 Å². The monoisotopic (exact) mass is 741 g/mol. The van der Waals surface area contributed by atoms with Crippen molar-refractivity contribution >= 4 is 29.6 Å². The third kappa shape index (κ3) is 8.78. The number of carbonyl (C=O) groups is 4. The van der Waals surface area contributed by atoms with Crippen molar-refractivity contribution < 1.29 is 47.3 Å². The SMILES string of the molecule is CC(C)[C@H](NC(=O)OCC1c2ccccc2-c2ccccc21)C(=O)N[C@@H](C)C(=O)NCC(=O)NCOC[C@H]1O[C@@H](n2ccc(N)nc2=O)C(F)(F)[C@@H]1O. The highest BCUT2D eigenvalue weighted by Crippen LogP contribution is 2.45. The molecule has 284 valence electrons. The number of nitrogen functional groups attached to an aromatic ring is 1. The first-order valence-electron chi connectivity index (χ1n) is 16.8. The van der Waals surface area contributed by atoms with Gasteiger partial charge in [0, 0.05) is 12.1 Å². The molecule has 18 heteroatoms. The summed E-state index contributed by atoms with van der Waals surface area (Å²) in [7, 11) is 0. The van der Waals surface area contributed by atoms with E-state index in [0.29, 0.717) is 4.57 Å². The number of hydrogen-bond donors (Lipinski definition) is 6. The summed E-state index contributed by atoms with van der Waals surface area (Å²) in [6.07, 6.45) is -5.90. The molecule has 0 unspecified atom stereocenters. The zero-order valence-corrected chi connectivity index (χ0v) is 29.1. The van der Waals surface area contributed by atoms with Crippen molar-refractivity contribution in [2.24, 2.45) is 5.92 Å². The number of aromatic nitrogens is 2. The lowest BCUT2D eigenvalue weighted by Gasteiger charge is -2.24. The Hall–Kier alpha value is -5.46. The van der Waals surface area contributed by atoms with E-state index < -0.39 is 85.8 Å². The van der Waals surface area contributed by atoms with Crippen molar-refractivity contribution in [3.8, 4) is 11.1 Å². The molecule has 2 aliphatic rings. The molecule has 5 rings (SSSR count). The van der Waals surface area contributed by atoms with E-state index in [9.17, 15) is 37.9 Å². The second-order valence-electron chi connectivity index (χ2n) is 12.9. The summed E-state index contributed by atoms with van der Waals surface area (Å²) in [4.78, 5) is 66.2. The Kier molecular flexibility index (Phi) is 12.0. The minimum atomic E-state index is -3.88. The number of rotatable bonds is 14. The normalized spacial score (nSPS) is 19.8. The molecule has 1 aliphatic carbocycles. The van der Waals surface area contributed by atoms with Gasteiger partial charge in [0.1, 0.15) is 37.3 Å². The number of carbonyl (C=O) groups excluding carboxylic acids is 4. The van der Waals surface area contributed by atoms with Crippen LogP contribution in [-0.2, 0) is 28.6 Å². The molecule has 1 aromatic heterocycles. The van der Waals surface area contributed by atoms with Gasteiger partial charge in [-0.25, -0.2) is 9.59 Å². The number of nitrogens with two attached hydrogens (primary N) is 1. The van der Waals surface area contributed by atoms with Crippen LogP contribution in [0.25, 0.3) is 11.1 Å². The number of benzene rings is 2. The van der Waals surface area contributed by atoms with Gasteiger partial charge in [0.15, 0.2) is 6.10 Å². The van der Waals surface area contributed by atoms with Crippen LogP contribution >= 0.6 is 0 Å². The number of aliphatic hydroxyl groups excluding tert-OH is 1. The summed E-state index contributed by atoms with van der Waals surface area (Å²) < 4.78 is 45.7. The van der Waals surface area contributed by atoms with Gasteiger partial charge in [-0.2, -0.15) is 13.8 Å². The Morgan fingerprint density at radius 1 is 0.962 bits per heavy atom. The van der Waals surface area contributed by atoms with Crippen LogP contribution in [-0.4, -0.2) is 95.2 Å².